The van der Waals surface area contributed by atoms with Crippen LogP contribution < -0.4 is 5.56 Å². The molecule has 0 bridgehead atoms. The first-order chi connectivity index (χ1) is 13.7. The fourth-order valence-corrected chi connectivity index (χ4v) is 5.05. The second-order valence-electron chi connectivity index (χ2n) is 7.77. The first kappa shape index (κ1) is 19.3. The minimum absolute atomic E-state index is 0.0239. The smallest absolute Gasteiger partial charge is 0.254 e. The first-order valence-corrected chi connectivity index (χ1v) is 11.2. The molecule has 1 fully saturated rings. The molecule has 2 aromatic rings. The molecule has 28 heavy (non-hydrogen) atoms. The lowest BCUT2D eigenvalue weighted by Gasteiger charge is -2.36. The Labute approximate surface area is 169 Å². The molecule has 0 aliphatic carbocycles. The summed E-state index contributed by atoms with van der Waals surface area (Å²) in [4.78, 5) is 38.8. The van der Waals surface area contributed by atoms with E-state index in [0.717, 1.165) is 63.0 Å². The van der Waals surface area contributed by atoms with Crippen molar-refractivity contribution in [1.29, 1.82) is 0 Å². The van der Waals surface area contributed by atoms with E-state index in [-0.39, 0.29) is 17.5 Å². The van der Waals surface area contributed by atoms with Gasteiger partial charge in [-0.3, -0.25) is 14.5 Å². The van der Waals surface area contributed by atoms with E-state index in [1.807, 2.05) is 11.8 Å². The van der Waals surface area contributed by atoms with Crippen molar-refractivity contribution < 1.29 is 4.79 Å². The topological polar surface area (TPSA) is 69.3 Å². The number of piperidine rings is 1. The van der Waals surface area contributed by atoms with Gasteiger partial charge in [0.25, 0.3) is 5.56 Å². The van der Waals surface area contributed by atoms with E-state index in [9.17, 15) is 9.59 Å². The van der Waals surface area contributed by atoms with Crippen molar-refractivity contribution in [3.8, 4) is 0 Å². The standard InChI is InChI=1S/C21H28N4O2S/c1-2-6-19(26)25-10-4-3-8-18(25)20-22-17-14-24(13-15-7-5-12-28-15)11-9-16(17)21(27)23-20/h5,7,12,18H,2-4,6,8-11,13-14H2,1H3,(H,22,23,27)/t18-/m0/s1. The molecule has 0 saturated carbocycles. The van der Waals surface area contributed by atoms with Crippen LogP contribution in [0.3, 0.4) is 0 Å². The third kappa shape index (κ3) is 4.05. The fourth-order valence-electron chi connectivity index (χ4n) is 4.30. The molecule has 150 valence electrons. The van der Waals surface area contributed by atoms with Crippen LogP contribution in [0.15, 0.2) is 22.3 Å². The van der Waals surface area contributed by atoms with Crippen LogP contribution in [0.25, 0.3) is 0 Å². The number of hydrogen-bond acceptors (Lipinski definition) is 5. The average Bonchev–Trinajstić information content (AvgIpc) is 3.21. The molecule has 0 radical (unpaired) electrons. The van der Waals surface area contributed by atoms with E-state index >= 15 is 0 Å². The number of carbonyl (C=O) groups excluding carboxylic acids is 1. The van der Waals surface area contributed by atoms with E-state index < -0.39 is 0 Å². The van der Waals surface area contributed by atoms with Crippen LogP contribution in [0.4, 0.5) is 0 Å². The van der Waals surface area contributed by atoms with Gasteiger partial charge in [-0.15, -0.1) is 11.3 Å². The lowest BCUT2D eigenvalue weighted by atomic mass is 9.99. The van der Waals surface area contributed by atoms with Crippen molar-refractivity contribution >= 4 is 17.2 Å². The minimum atomic E-state index is -0.0986. The summed E-state index contributed by atoms with van der Waals surface area (Å²) in [7, 11) is 0. The van der Waals surface area contributed by atoms with Gasteiger partial charge < -0.3 is 9.88 Å². The van der Waals surface area contributed by atoms with Gasteiger partial charge in [-0.2, -0.15) is 0 Å². The Morgan fingerprint density at radius 2 is 2.25 bits per heavy atom. The summed E-state index contributed by atoms with van der Waals surface area (Å²) in [6, 6.07) is 4.12. The van der Waals surface area contributed by atoms with Gasteiger partial charge in [0, 0.05) is 43.0 Å². The molecular weight excluding hydrogens is 372 g/mol. The molecule has 1 atom stereocenters. The van der Waals surface area contributed by atoms with E-state index in [0.29, 0.717) is 18.8 Å². The molecule has 4 rings (SSSR count). The lowest BCUT2D eigenvalue weighted by molar-refractivity contribution is -0.135. The Morgan fingerprint density at radius 3 is 3.04 bits per heavy atom. The van der Waals surface area contributed by atoms with Crippen LogP contribution in [0.1, 0.15) is 67.0 Å². The summed E-state index contributed by atoms with van der Waals surface area (Å²) in [5.74, 6) is 0.845. The van der Waals surface area contributed by atoms with Crippen LogP contribution in [0.2, 0.25) is 0 Å². The van der Waals surface area contributed by atoms with E-state index in [1.54, 1.807) is 11.3 Å². The van der Waals surface area contributed by atoms with E-state index in [4.69, 9.17) is 4.98 Å². The highest BCUT2D eigenvalue weighted by Gasteiger charge is 2.31. The number of aromatic amines is 1. The minimum Gasteiger partial charge on any atom is -0.333 e. The monoisotopic (exact) mass is 400 g/mol. The summed E-state index contributed by atoms with van der Waals surface area (Å²) < 4.78 is 0. The maximum atomic E-state index is 12.7. The van der Waals surface area contributed by atoms with Gasteiger partial charge in [-0.1, -0.05) is 13.0 Å². The number of aromatic nitrogens is 2. The summed E-state index contributed by atoms with van der Waals surface area (Å²) in [5.41, 5.74) is 1.67. The second-order valence-corrected chi connectivity index (χ2v) is 8.80. The fraction of sp³-hybridized carbons (Fsp3) is 0.571. The molecule has 0 spiro atoms. The lowest BCUT2D eigenvalue weighted by Crippen LogP contribution is -2.41. The molecule has 1 N–H and O–H groups in total. The van der Waals surface area contributed by atoms with Gasteiger partial charge in [0.2, 0.25) is 5.91 Å². The van der Waals surface area contributed by atoms with Crippen molar-refractivity contribution in [2.45, 2.75) is 64.6 Å². The summed E-state index contributed by atoms with van der Waals surface area (Å²) >= 11 is 1.76. The molecule has 4 heterocycles. The Hall–Kier alpha value is -1.99. The molecule has 2 aliphatic heterocycles. The van der Waals surface area contributed by atoms with E-state index in [2.05, 4.69) is 27.4 Å². The van der Waals surface area contributed by atoms with Crippen molar-refractivity contribution in [2.24, 2.45) is 0 Å². The number of carbonyl (C=O) groups is 1. The number of hydrogen-bond donors (Lipinski definition) is 1. The van der Waals surface area contributed by atoms with Crippen LogP contribution in [-0.2, 0) is 24.3 Å². The zero-order valence-electron chi connectivity index (χ0n) is 16.4. The van der Waals surface area contributed by atoms with E-state index in [1.165, 1.54) is 4.88 Å². The molecule has 2 aromatic heterocycles. The maximum Gasteiger partial charge on any atom is 0.254 e. The summed E-state index contributed by atoms with van der Waals surface area (Å²) in [5, 5.41) is 2.10. The van der Waals surface area contributed by atoms with Crippen LogP contribution in [0, 0.1) is 0 Å². The van der Waals surface area contributed by atoms with Crippen molar-refractivity contribution in [1.82, 2.24) is 19.8 Å². The number of H-pyrrole nitrogens is 1. The molecule has 2 aliphatic rings. The Morgan fingerprint density at radius 1 is 1.36 bits per heavy atom. The molecule has 0 unspecified atom stereocenters. The Kier molecular flexibility index (Phi) is 5.92. The number of rotatable bonds is 5. The highest BCUT2D eigenvalue weighted by atomic mass is 32.1. The number of nitrogens with zero attached hydrogens (tertiary/aromatic N) is 3. The third-order valence-electron chi connectivity index (χ3n) is 5.73. The Bertz CT molecular complexity index is 877. The SMILES string of the molecule is CCCC(=O)N1CCCC[C@H]1c1nc2c(c(=O)[nH]1)CCN(Cc1cccs1)C2. The number of amides is 1. The third-order valence-corrected chi connectivity index (χ3v) is 6.59. The van der Waals surface area contributed by atoms with Gasteiger partial charge in [-0.05, 0) is 43.6 Å². The average molecular weight is 401 g/mol. The van der Waals surface area contributed by atoms with Crippen molar-refractivity contribution in [3.63, 3.8) is 0 Å². The van der Waals surface area contributed by atoms with Crippen molar-refractivity contribution in [2.75, 3.05) is 13.1 Å². The molecule has 0 aromatic carbocycles. The number of likely N-dealkylation sites (tertiary alicyclic amines) is 1. The molecular formula is C21H28N4O2S. The van der Waals surface area contributed by atoms with Gasteiger partial charge >= 0.3 is 0 Å². The zero-order valence-corrected chi connectivity index (χ0v) is 17.3. The number of nitrogens with one attached hydrogen (secondary N) is 1. The quantitative estimate of drug-likeness (QED) is 0.837. The number of thiophene rings is 1. The molecule has 1 amide bonds. The first-order valence-electron chi connectivity index (χ1n) is 10.3. The normalized spacial score (nSPS) is 20.2. The summed E-state index contributed by atoms with van der Waals surface area (Å²) in [6.07, 6.45) is 5.08. The highest BCUT2D eigenvalue weighted by molar-refractivity contribution is 7.09. The maximum absolute atomic E-state index is 12.7. The zero-order chi connectivity index (χ0) is 19.5. The second kappa shape index (κ2) is 8.57. The van der Waals surface area contributed by atoms with Gasteiger partial charge in [0.15, 0.2) is 0 Å². The highest BCUT2D eigenvalue weighted by Crippen LogP contribution is 2.30. The molecule has 1 saturated heterocycles. The largest absolute Gasteiger partial charge is 0.333 e. The Balaban J connectivity index is 1.58. The van der Waals surface area contributed by atoms with Crippen LogP contribution >= 0.6 is 11.3 Å². The van der Waals surface area contributed by atoms with Crippen LogP contribution in [0.5, 0.6) is 0 Å². The van der Waals surface area contributed by atoms with Gasteiger partial charge in [0.05, 0.1) is 11.7 Å². The van der Waals surface area contributed by atoms with Crippen LogP contribution in [-0.4, -0.2) is 38.8 Å². The summed E-state index contributed by atoms with van der Waals surface area (Å²) in [6.45, 7) is 5.25. The predicted octanol–water partition coefficient (Wildman–Crippen LogP) is 3.24. The van der Waals surface area contributed by atoms with Gasteiger partial charge in [0.1, 0.15) is 5.82 Å². The molecule has 6 nitrogen and oxygen atoms in total. The molecule has 7 heteroatoms. The van der Waals surface area contributed by atoms with Gasteiger partial charge in [-0.25, -0.2) is 4.98 Å². The van der Waals surface area contributed by atoms with Crippen molar-refractivity contribution in [3.05, 3.63) is 49.8 Å². The predicted molar refractivity (Wildman–Crippen MR) is 110 cm³/mol. The number of fused-ring (bicyclic) bond motifs is 1.